The monoisotopic (exact) mass is 247 g/mol. The van der Waals surface area contributed by atoms with Gasteiger partial charge in [0, 0.05) is 10.0 Å². The van der Waals surface area contributed by atoms with E-state index in [2.05, 4.69) is 21.9 Å². The number of nitrogens with one attached hydrogen (secondary N) is 4. The van der Waals surface area contributed by atoms with Crippen LogP contribution < -0.4 is 27.7 Å². The molecule has 5 nitrogen and oxygen atoms in total. The molecular weight excluding hydrogens is 237 g/mol. The molecule has 82 valence electrons. The zero-order valence-electron chi connectivity index (χ0n) is 7.72. The molecule has 1 fully saturated rings. The van der Waals surface area contributed by atoms with E-state index >= 15 is 0 Å². The van der Waals surface area contributed by atoms with Crippen LogP contribution in [0.4, 0.5) is 0 Å². The normalized spacial score (nSPS) is 19.4. The molecule has 0 aromatic heterocycles. The van der Waals surface area contributed by atoms with E-state index in [4.69, 9.17) is 28.9 Å². The fraction of sp³-hybridized carbons (Fsp3) is 0.250. The van der Waals surface area contributed by atoms with Crippen molar-refractivity contribution < 1.29 is 0 Å². The zero-order chi connectivity index (χ0) is 10.8. The first-order chi connectivity index (χ1) is 7.18. The maximum Gasteiger partial charge on any atom is 0.105 e. The van der Waals surface area contributed by atoms with Crippen molar-refractivity contribution in [1.82, 2.24) is 21.9 Å². The number of benzene rings is 1. The van der Waals surface area contributed by atoms with Crippen molar-refractivity contribution in [1.29, 1.82) is 0 Å². The van der Waals surface area contributed by atoms with E-state index in [0.29, 0.717) is 10.0 Å². The molecule has 0 amide bonds. The Kier molecular flexibility index (Phi) is 3.42. The van der Waals surface area contributed by atoms with Crippen molar-refractivity contribution in [2.75, 3.05) is 0 Å². The van der Waals surface area contributed by atoms with Crippen molar-refractivity contribution in [3.8, 4) is 0 Å². The predicted molar refractivity (Wildman–Crippen MR) is 59.7 cm³/mol. The van der Waals surface area contributed by atoms with E-state index in [1.807, 2.05) is 6.07 Å². The van der Waals surface area contributed by atoms with Gasteiger partial charge in [-0.15, -0.1) is 0 Å². The molecule has 1 atom stereocenters. The summed E-state index contributed by atoms with van der Waals surface area (Å²) >= 11 is 11.8. The summed E-state index contributed by atoms with van der Waals surface area (Å²) in [6, 6.07) is 4.97. The summed E-state index contributed by atoms with van der Waals surface area (Å²) in [6.45, 7) is 0. The Bertz CT molecular complexity index is 353. The lowest BCUT2D eigenvalue weighted by Crippen LogP contribution is -2.43. The first-order valence-corrected chi connectivity index (χ1v) is 5.15. The van der Waals surface area contributed by atoms with Crippen LogP contribution >= 0.6 is 23.2 Å². The summed E-state index contributed by atoms with van der Waals surface area (Å²) in [7, 11) is 0. The lowest BCUT2D eigenvalue weighted by molar-refractivity contribution is 0.440. The molecule has 6 N–H and O–H groups in total. The van der Waals surface area contributed by atoms with Gasteiger partial charge in [0.15, 0.2) is 0 Å². The molecule has 15 heavy (non-hydrogen) atoms. The third kappa shape index (κ3) is 2.40. The van der Waals surface area contributed by atoms with Gasteiger partial charge >= 0.3 is 0 Å². The average Bonchev–Trinajstić information content (AvgIpc) is 2.69. The molecule has 1 heterocycles. The van der Waals surface area contributed by atoms with E-state index in [0.717, 1.165) is 5.56 Å². The Morgan fingerprint density at radius 2 is 1.87 bits per heavy atom. The molecule has 1 saturated heterocycles. The van der Waals surface area contributed by atoms with Crippen LogP contribution in [0.25, 0.3) is 0 Å². The summed E-state index contributed by atoms with van der Waals surface area (Å²) in [5, 5.41) is 1.16. The molecule has 7 heteroatoms. The van der Waals surface area contributed by atoms with Gasteiger partial charge in [-0.3, -0.25) is 0 Å². The van der Waals surface area contributed by atoms with Gasteiger partial charge in [-0.2, -0.15) is 11.1 Å². The highest BCUT2D eigenvalue weighted by Crippen LogP contribution is 2.26. The lowest BCUT2D eigenvalue weighted by atomic mass is 10.1. The largest absolute Gasteiger partial charge is 0.321 e. The highest BCUT2D eigenvalue weighted by atomic mass is 35.5. The standard InChI is InChI=1S/C8H11Cl2N5/c9-4-1-2-5(6(10)3-4)7(11)8-12-14-15-13-8/h1-3,7-8,12-15H,11H2. The smallest absolute Gasteiger partial charge is 0.105 e. The predicted octanol–water partition coefficient (Wildman–Crippen LogP) is 0.436. The minimum atomic E-state index is -0.280. The molecule has 0 aliphatic carbocycles. The fourth-order valence-corrected chi connectivity index (χ4v) is 1.93. The SMILES string of the molecule is NC(c1ccc(Cl)cc1Cl)C1NNNN1. The van der Waals surface area contributed by atoms with Gasteiger partial charge in [-0.25, -0.2) is 10.9 Å². The number of hydrogen-bond donors (Lipinski definition) is 5. The molecule has 0 saturated carbocycles. The van der Waals surface area contributed by atoms with Gasteiger partial charge < -0.3 is 5.73 Å². The fourth-order valence-electron chi connectivity index (χ4n) is 1.39. The van der Waals surface area contributed by atoms with E-state index in [1.165, 1.54) is 0 Å². The van der Waals surface area contributed by atoms with Gasteiger partial charge in [-0.05, 0) is 17.7 Å². The maximum absolute atomic E-state index is 6.04. The Labute approximate surface area is 97.2 Å². The molecule has 0 radical (unpaired) electrons. The third-order valence-electron chi connectivity index (χ3n) is 2.20. The Balaban J connectivity index is 2.20. The van der Waals surface area contributed by atoms with E-state index in [-0.39, 0.29) is 12.2 Å². The molecule has 2 rings (SSSR count). The summed E-state index contributed by atoms with van der Waals surface area (Å²) in [5.74, 6) is 0. The molecule has 1 aliphatic rings. The Hall–Kier alpha value is -0.400. The van der Waals surface area contributed by atoms with Gasteiger partial charge in [0.2, 0.25) is 0 Å². The third-order valence-corrected chi connectivity index (χ3v) is 2.76. The average molecular weight is 248 g/mol. The van der Waals surface area contributed by atoms with Gasteiger partial charge in [0.1, 0.15) is 6.17 Å². The van der Waals surface area contributed by atoms with Gasteiger partial charge in [-0.1, -0.05) is 29.3 Å². The summed E-state index contributed by atoms with van der Waals surface area (Å²) in [5.41, 5.74) is 18.1. The summed E-state index contributed by atoms with van der Waals surface area (Å²) in [4.78, 5) is 0. The highest BCUT2D eigenvalue weighted by molar-refractivity contribution is 6.35. The molecular formula is C8H11Cl2N5. The van der Waals surface area contributed by atoms with E-state index in [9.17, 15) is 0 Å². The molecule has 1 aliphatic heterocycles. The van der Waals surface area contributed by atoms with Crippen LogP contribution in [0.2, 0.25) is 10.0 Å². The van der Waals surface area contributed by atoms with Gasteiger partial charge in [0.05, 0.1) is 6.04 Å². The van der Waals surface area contributed by atoms with Crippen LogP contribution in [0, 0.1) is 0 Å². The van der Waals surface area contributed by atoms with Crippen LogP contribution in [0.5, 0.6) is 0 Å². The first kappa shape index (κ1) is 11.1. The van der Waals surface area contributed by atoms with Gasteiger partial charge in [0.25, 0.3) is 0 Å². The molecule has 1 aromatic rings. The van der Waals surface area contributed by atoms with Crippen LogP contribution in [-0.2, 0) is 0 Å². The number of hydrogen-bond acceptors (Lipinski definition) is 5. The molecule has 1 aromatic carbocycles. The van der Waals surface area contributed by atoms with E-state index in [1.54, 1.807) is 12.1 Å². The molecule has 0 bridgehead atoms. The van der Waals surface area contributed by atoms with Crippen molar-refractivity contribution in [2.24, 2.45) is 5.73 Å². The number of halogens is 2. The van der Waals surface area contributed by atoms with Crippen molar-refractivity contribution in [2.45, 2.75) is 12.2 Å². The second kappa shape index (κ2) is 4.63. The minimum absolute atomic E-state index is 0.135. The minimum Gasteiger partial charge on any atom is -0.321 e. The van der Waals surface area contributed by atoms with Crippen LogP contribution in [0.3, 0.4) is 0 Å². The topological polar surface area (TPSA) is 74.1 Å². The highest BCUT2D eigenvalue weighted by Gasteiger charge is 2.23. The first-order valence-electron chi connectivity index (χ1n) is 4.40. The number of rotatable bonds is 2. The van der Waals surface area contributed by atoms with Crippen LogP contribution in [0.15, 0.2) is 18.2 Å². The van der Waals surface area contributed by atoms with Crippen molar-refractivity contribution in [3.63, 3.8) is 0 Å². The second-order valence-electron chi connectivity index (χ2n) is 3.21. The maximum atomic E-state index is 6.04. The van der Waals surface area contributed by atoms with Crippen molar-refractivity contribution >= 4 is 23.2 Å². The second-order valence-corrected chi connectivity index (χ2v) is 4.05. The Morgan fingerprint density at radius 3 is 2.47 bits per heavy atom. The lowest BCUT2D eigenvalue weighted by Gasteiger charge is -2.19. The van der Waals surface area contributed by atoms with Crippen molar-refractivity contribution in [3.05, 3.63) is 33.8 Å². The molecule has 0 spiro atoms. The molecule has 1 unspecified atom stereocenters. The Morgan fingerprint density at radius 1 is 1.20 bits per heavy atom. The number of nitrogens with two attached hydrogens (primary N) is 1. The summed E-state index contributed by atoms with van der Waals surface area (Å²) < 4.78 is 0. The van der Waals surface area contributed by atoms with Crippen LogP contribution in [-0.4, -0.2) is 6.17 Å². The van der Waals surface area contributed by atoms with Crippen LogP contribution in [0.1, 0.15) is 11.6 Å². The summed E-state index contributed by atoms with van der Waals surface area (Å²) in [6.07, 6.45) is -0.135. The van der Waals surface area contributed by atoms with E-state index < -0.39 is 0 Å². The quantitative estimate of drug-likeness (QED) is 0.525. The zero-order valence-corrected chi connectivity index (χ0v) is 9.23. The number of hydrazine groups is 3.